The summed E-state index contributed by atoms with van der Waals surface area (Å²) in [6.07, 6.45) is 12.4. The zero-order valence-corrected chi connectivity index (χ0v) is 14.0. The van der Waals surface area contributed by atoms with Crippen LogP contribution in [0.25, 0.3) is 0 Å². The topological polar surface area (TPSA) is 17.1 Å². The Balaban J connectivity index is 3.82. The minimum absolute atomic E-state index is 0.284. The number of allylic oxidation sites excluding steroid dienone is 6. The molecule has 0 fully saturated rings. The molecule has 102 valence electrons. The normalized spacial score (nSPS) is 13.6. The first-order valence-corrected chi connectivity index (χ1v) is 9.42. The summed E-state index contributed by atoms with van der Waals surface area (Å²) in [5.74, 6) is 0. The van der Waals surface area contributed by atoms with E-state index >= 15 is 0 Å². The highest BCUT2D eigenvalue weighted by Crippen LogP contribution is 2.26. The van der Waals surface area contributed by atoms with Crippen LogP contribution in [0, 0.1) is 0 Å². The number of rotatable bonds is 9. The molecular formula is C15H26OP2. The SMILES string of the molecule is CC(C)=CCCC(C)=CCCC(C)=CCPP=O. The van der Waals surface area contributed by atoms with Gasteiger partial charge in [0, 0.05) is 0 Å². The minimum atomic E-state index is 0.284. The second-order valence-corrected chi connectivity index (χ2v) is 7.32. The molecule has 0 aliphatic heterocycles. The van der Waals surface area contributed by atoms with Crippen LogP contribution in [-0.2, 0) is 4.57 Å². The van der Waals surface area contributed by atoms with Crippen molar-refractivity contribution in [3.05, 3.63) is 34.9 Å². The van der Waals surface area contributed by atoms with Gasteiger partial charge in [0.2, 0.25) is 0 Å². The standard InChI is InChI=1S/C15H26OP2/c1-13(2)7-5-8-14(3)9-6-10-15(4)11-12-17-18-16/h7,9,11,17H,5-6,8,10,12H2,1-4H3. The highest BCUT2D eigenvalue weighted by molar-refractivity contribution is 8.05. The van der Waals surface area contributed by atoms with E-state index in [9.17, 15) is 4.57 Å². The maximum atomic E-state index is 10.3. The molecule has 0 aromatic heterocycles. The van der Waals surface area contributed by atoms with Gasteiger partial charge >= 0.3 is 0 Å². The molecule has 1 unspecified atom stereocenters. The molecule has 0 heterocycles. The predicted octanol–water partition coefficient (Wildman–Crippen LogP) is 6.29. The van der Waals surface area contributed by atoms with E-state index in [1.807, 2.05) is 0 Å². The molecule has 0 bridgehead atoms. The third-order valence-electron chi connectivity index (χ3n) is 2.73. The largest absolute Gasteiger partial charge is 0.270 e. The van der Waals surface area contributed by atoms with Crippen LogP contribution in [-0.4, -0.2) is 6.16 Å². The van der Waals surface area contributed by atoms with Crippen LogP contribution in [0.5, 0.6) is 0 Å². The highest BCUT2D eigenvalue weighted by Gasteiger charge is 1.92. The molecule has 0 aromatic carbocycles. The van der Waals surface area contributed by atoms with Crippen molar-refractivity contribution in [2.24, 2.45) is 0 Å². The van der Waals surface area contributed by atoms with Gasteiger partial charge < -0.3 is 0 Å². The van der Waals surface area contributed by atoms with Crippen molar-refractivity contribution in [3.8, 4) is 0 Å². The second kappa shape index (κ2) is 11.8. The summed E-state index contributed by atoms with van der Waals surface area (Å²) in [6, 6.07) is 0. The minimum Gasteiger partial charge on any atom is -0.270 e. The van der Waals surface area contributed by atoms with Crippen LogP contribution in [0.4, 0.5) is 0 Å². The van der Waals surface area contributed by atoms with Crippen LogP contribution in [0.2, 0.25) is 0 Å². The first-order chi connectivity index (χ1) is 8.56. The van der Waals surface area contributed by atoms with Crippen LogP contribution in [0.1, 0.15) is 53.4 Å². The Morgan fingerprint density at radius 3 is 2.06 bits per heavy atom. The average Bonchev–Trinajstić information content (AvgIpc) is 2.29. The summed E-state index contributed by atoms with van der Waals surface area (Å²) in [7, 11) is 0.808. The van der Waals surface area contributed by atoms with Gasteiger partial charge in [0.15, 0.2) is 8.15 Å². The van der Waals surface area contributed by atoms with Crippen molar-refractivity contribution in [3.63, 3.8) is 0 Å². The van der Waals surface area contributed by atoms with Crippen molar-refractivity contribution in [1.82, 2.24) is 0 Å². The van der Waals surface area contributed by atoms with Crippen LogP contribution < -0.4 is 0 Å². The smallest absolute Gasteiger partial charge is 0.178 e. The highest BCUT2D eigenvalue weighted by atomic mass is 32.0. The lowest BCUT2D eigenvalue weighted by molar-refractivity contribution is 0.605. The first kappa shape index (κ1) is 17.8. The lowest BCUT2D eigenvalue weighted by atomic mass is 10.1. The Morgan fingerprint density at radius 1 is 0.944 bits per heavy atom. The van der Waals surface area contributed by atoms with E-state index in [1.165, 1.54) is 23.1 Å². The summed E-state index contributed by atoms with van der Waals surface area (Å²) in [5.41, 5.74) is 4.31. The van der Waals surface area contributed by atoms with Crippen molar-refractivity contribution < 1.29 is 4.57 Å². The van der Waals surface area contributed by atoms with Crippen molar-refractivity contribution in [2.45, 2.75) is 53.4 Å². The van der Waals surface area contributed by atoms with E-state index in [0.717, 1.165) is 25.4 Å². The summed E-state index contributed by atoms with van der Waals surface area (Å²) in [6.45, 7) is 8.68. The van der Waals surface area contributed by atoms with Crippen LogP contribution in [0.3, 0.4) is 0 Å². The zero-order chi connectivity index (χ0) is 13.8. The monoisotopic (exact) mass is 284 g/mol. The zero-order valence-electron chi connectivity index (χ0n) is 12.1. The van der Waals surface area contributed by atoms with Crippen LogP contribution in [0.15, 0.2) is 34.9 Å². The van der Waals surface area contributed by atoms with E-state index in [1.54, 1.807) is 0 Å². The molecule has 1 atom stereocenters. The molecule has 0 radical (unpaired) electrons. The summed E-state index contributed by atoms with van der Waals surface area (Å²) < 4.78 is 10.3. The second-order valence-electron chi connectivity index (χ2n) is 4.91. The fourth-order valence-electron chi connectivity index (χ4n) is 1.60. The maximum Gasteiger partial charge on any atom is 0.178 e. The van der Waals surface area contributed by atoms with Crippen molar-refractivity contribution >= 4 is 16.4 Å². The Bertz CT molecular complexity index is 323. The van der Waals surface area contributed by atoms with Gasteiger partial charge in [-0.15, -0.1) is 0 Å². The van der Waals surface area contributed by atoms with E-state index < -0.39 is 0 Å². The number of hydrogen-bond acceptors (Lipinski definition) is 1. The predicted molar refractivity (Wildman–Crippen MR) is 86.2 cm³/mol. The molecule has 0 rings (SSSR count). The summed E-state index contributed by atoms with van der Waals surface area (Å²) in [4.78, 5) is 0. The molecular weight excluding hydrogens is 258 g/mol. The van der Waals surface area contributed by atoms with Gasteiger partial charge in [-0.05, 0) is 67.8 Å². The Kier molecular flexibility index (Phi) is 11.7. The molecule has 0 aliphatic rings. The van der Waals surface area contributed by atoms with Gasteiger partial charge in [-0.25, -0.2) is 0 Å². The third-order valence-corrected chi connectivity index (χ3v) is 4.18. The molecule has 0 aliphatic carbocycles. The third kappa shape index (κ3) is 12.2. The molecule has 0 amide bonds. The Hall–Kier alpha value is -0.250. The fourth-order valence-corrected chi connectivity index (χ4v) is 2.61. The van der Waals surface area contributed by atoms with Crippen LogP contribution >= 0.6 is 16.4 Å². The lowest BCUT2D eigenvalue weighted by Crippen LogP contribution is -1.81. The quantitative estimate of drug-likeness (QED) is 0.276. The Morgan fingerprint density at radius 2 is 1.50 bits per heavy atom. The fraction of sp³-hybridized carbons (Fsp3) is 0.600. The molecule has 0 saturated carbocycles. The van der Waals surface area contributed by atoms with Gasteiger partial charge in [0.25, 0.3) is 0 Å². The molecule has 0 aromatic rings. The number of hydrogen-bond donors (Lipinski definition) is 0. The molecule has 0 N–H and O–H groups in total. The van der Waals surface area contributed by atoms with Gasteiger partial charge in [-0.3, -0.25) is 4.57 Å². The average molecular weight is 284 g/mol. The van der Waals surface area contributed by atoms with Gasteiger partial charge in [0.1, 0.15) is 0 Å². The van der Waals surface area contributed by atoms with E-state index in [-0.39, 0.29) is 8.15 Å². The summed E-state index contributed by atoms with van der Waals surface area (Å²) in [5, 5.41) is 0. The molecule has 3 heteroatoms. The molecule has 1 nitrogen and oxygen atoms in total. The van der Waals surface area contributed by atoms with Gasteiger partial charge in [-0.2, -0.15) is 0 Å². The molecule has 0 spiro atoms. The first-order valence-electron chi connectivity index (χ1n) is 6.56. The molecule has 18 heavy (non-hydrogen) atoms. The van der Waals surface area contributed by atoms with Crippen molar-refractivity contribution in [2.75, 3.05) is 6.16 Å². The van der Waals surface area contributed by atoms with Crippen molar-refractivity contribution in [1.29, 1.82) is 0 Å². The lowest BCUT2D eigenvalue weighted by Gasteiger charge is -2.01. The maximum absolute atomic E-state index is 10.3. The van der Waals surface area contributed by atoms with Gasteiger partial charge in [0.05, 0.1) is 0 Å². The van der Waals surface area contributed by atoms with E-state index in [0.29, 0.717) is 8.27 Å². The van der Waals surface area contributed by atoms with E-state index in [2.05, 4.69) is 45.9 Å². The molecule has 0 saturated heterocycles. The Labute approximate surface area is 116 Å². The van der Waals surface area contributed by atoms with Gasteiger partial charge in [-0.1, -0.05) is 34.9 Å². The summed E-state index contributed by atoms with van der Waals surface area (Å²) >= 11 is 0. The van der Waals surface area contributed by atoms with E-state index in [4.69, 9.17) is 0 Å².